The Balaban J connectivity index is 2.68. The van der Waals surface area contributed by atoms with E-state index in [0.29, 0.717) is 26.2 Å². The molecule has 1 amide bonds. The highest BCUT2D eigenvalue weighted by Crippen LogP contribution is 2.12. The highest BCUT2D eigenvalue weighted by molar-refractivity contribution is 5.78. The number of hydrogen-bond donors (Lipinski definition) is 0. The molecule has 1 aromatic heterocycles. The zero-order valence-corrected chi connectivity index (χ0v) is 14.3. The van der Waals surface area contributed by atoms with Crippen molar-refractivity contribution in [3.05, 3.63) is 23.7 Å². The third-order valence-corrected chi connectivity index (χ3v) is 3.67. The Morgan fingerprint density at radius 2 is 2.05 bits per heavy atom. The minimum atomic E-state index is -0.149. The Bertz CT molecular complexity index is 516. The summed E-state index contributed by atoms with van der Waals surface area (Å²) in [5.41, 5.74) is 0. The summed E-state index contributed by atoms with van der Waals surface area (Å²) >= 11 is 0. The number of amides is 1. The number of hydrogen-bond acceptors (Lipinski definition) is 4. The van der Waals surface area contributed by atoms with Crippen LogP contribution in [-0.4, -0.2) is 41.4 Å². The normalized spacial score (nSPS) is 12.5. The fourth-order valence-electron chi connectivity index (χ4n) is 2.24. The molecule has 0 saturated carbocycles. The van der Waals surface area contributed by atoms with Crippen molar-refractivity contribution < 1.29 is 9.21 Å². The van der Waals surface area contributed by atoms with Crippen LogP contribution in [0.15, 0.2) is 16.5 Å². The van der Waals surface area contributed by atoms with Crippen molar-refractivity contribution >= 4 is 5.91 Å². The molecule has 1 unspecified atom stereocenters. The highest BCUT2D eigenvalue weighted by atomic mass is 16.3. The average molecular weight is 305 g/mol. The van der Waals surface area contributed by atoms with Crippen LogP contribution >= 0.6 is 0 Å². The monoisotopic (exact) mass is 305 g/mol. The van der Waals surface area contributed by atoms with E-state index in [9.17, 15) is 4.79 Å². The van der Waals surface area contributed by atoms with Crippen molar-refractivity contribution in [3.8, 4) is 6.07 Å². The molecule has 22 heavy (non-hydrogen) atoms. The summed E-state index contributed by atoms with van der Waals surface area (Å²) in [5, 5.41) is 8.92. The minimum absolute atomic E-state index is 0.0570. The lowest BCUT2D eigenvalue weighted by molar-refractivity contribution is -0.133. The van der Waals surface area contributed by atoms with Crippen LogP contribution in [0.3, 0.4) is 0 Å². The van der Waals surface area contributed by atoms with Gasteiger partial charge in [0.05, 0.1) is 25.1 Å². The smallest absolute Gasteiger partial charge is 0.236 e. The van der Waals surface area contributed by atoms with Gasteiger partial charge in [0.15, 0.2) is 0 Å². The molecule has 122 valence electrons. The summed E-state index contributed by atoms with van der Waals surface area (Å²) in [6.45, 7) is 11.9. The van der Waals surface area contributed by atoms with E-state index >= 15 is 0 Å². The first-order valence-corrected chi connectivity index (χ1v) is 7.84. The van der Waals surface area contributed by atoms with Crippen molar-refractivity contribution in [2.24, 2.45) is 5.92 Å². The van der Waals surface area contributed by atoms with Gasteiger partial charge in [-0.15, -0.1) is 0 Å². The molecule has 1 atom stereocenters. The predicted octanol–water partition coefficient (Wildman–Crippen LogP) is 2.81. The van der Waals surface area contributed by atoms with E-state index in [-0.39, 0.29) is 17.9 Å². The van der Waals surface area contributed by atoms with Gasteiger partial charge in [-0.25, -0.2) is 0 Å². The van der Waals surface area contributed by atoms with Gasteiger partial charge in [0, 0.05) is 19.1 Å². The van der Waals surface area contributed by atoms with Gasteiger partial charge in [-0.05, 0) is 46.8 Å². The molecule has 0 aliphatic rings. The number of nitriles is 1. The third kappa shape index (κ3) is 5.53. The van der Waals surface area contributed by atoms with Crippen molar-refractivity contribution in [1.82, 2.24) is 9.80 Å². The number of aryl methyl sites for hydroxylation is 1. The molecule has 0 bridgehead atoms. The molecule has 0 saturated heterocycles. The lowest BCUT2D eigenvalue weighted by atomic mass is 10.2. The van der Waals surface area contributed by atoms with Crippen molar-refractivity contribution in [1.29, 1.82) is 5.26 Å². The van der Waals surface area contributed by atoms with Crippen molar-refractivity contribution in [3.63, 3.8) is 0 Å². The third-order valence-electron chi connectivity index (χ3n) is 3.67. The molecule has 0 aromatic carbocycles. The quantitative estimate of drug-likeness (QED) is 0.741. The summed E-state index contributed by atoms with van der Waals surface area (Å²) in [6.07, 6.45) is 0. The Morgan fingerprint density at radius 3 is 2.50 bits per heavy atom. The highest BCUT2D eigenvalue weighted by Gasteiger charge is 2.20. The summed E-state index contributed by atoms with van der Waals surface area (Å²) in [7, 11) is 0. The molecule has 5 heteroatoms. The predicted molar refractivity (Wildman–Crippen MR) is 86.0 cm³/mol. The van der Waals surface area contributed by atoms with Crippen LogP contribution in [-0.2, 0) is 11.3 Å². The summed E-state index contributed by atoms with van der Waals surface area (Å²) in [4.78, 5) is 16.3. The van der Waals surface area contributed by atoms with E-state index in [1.165, 1.54) is 0 Å². The topological polar surface area (TPSA) is 60.5 Å². The first kappa shape index (κ1) is 18.2. The molecular weight excluding hydrogens is 278 g/mol. The molecule has 5 nitrogen and oxygen atoms in total. The molecule has 0 radical (unpaired) electrons. The number of likely N-dealkylation sites (N-methyl/N-ethyl adjacent to an activating group) is 1. The molecular formula is C17H27N3O2. The zero-order chi connectivity index (χ0) is 16.7. The molecule has 0 spiro atoms. The van der Waals surface area contributed by atoms with Gasteiger partial charge < -0.3 is 9.32 Å². The zero-order valence-electron chi connectivity index (χ0n) is 14.3. The van der Waals surface area contributed by atoms with Gasteiger partial charge in [-0.3, -0.25) is 9.69 Å². The second kappa shape index (κ2) is 8.60. The number of rotatable bonds is 8. The Labute approximate surface area is 133 Å². The van der Waals surface area contributed by atoms with Crippen LogP contribution in [0.2, 0.25) is 0 Å². The Morgan fingerprint density at radius 1 is 1.36 bits per heavy atom. The summed E-state index contributed by atoms with van der Waals surface area (Å²) in [5.74, 6) is 1.65. The van der Waals surface area contributed by atoms with Gasteiger partial charge in [0.25, 0.3) is 0 Å². The number of nitrogens with zero attached hydrogens (tertiary/aromatic N) is 3. The number of carbonyl (C=O) groups excluding carboxylic acids is 1. The molecule has 0 N–H and O–H groups in total. The first-order chi connectivity index (χ1) is 10.4. The first-order valence-electron chi connectivity index (χ1n) is 7.84. The van der Waals surface area contributed by atoms with E-state index in [2.05, 4.69) is 24.8 Å². The second-order valence-electron chi connectivity index (χ2n) is 5.97. The standard InChI is InChI=1S/C17H27N3O2/c1-6-19(10-14(4)9-18)17(21)12-20(13(2)3)11-16-8-7-15(5)22-16/h7-8,13-14H,6,10-12H2,1-5H3. The minimum Gasteiger partial charge on any atom is -0.465 e. The molecule has 1 heterocycles. The van der Waals surface area contributed by atoms with E-state index in [1.54, 1.807) is 4.90 Å². The van der Waals surface area contributed by atoms with Crippen LogP contribution in [0.1, 0.15) is 39.2 Å². The van der Waals surface area contributed by atoms with Gasteiger partial charge in [0.2, 0.25) is 5.91 Å². The van der Waals surface area contributed by atoms with Crippen LogP contribution < -0.4 is 0 Å². The summed E-state index contributed by atoms with van der Waals surface area (Å²) in [6, 6.07) is 6.30. The maximum Gasteiger partial charge on any atom is 0.236 e. The lowest BCUT2D eigenvalue weighted by Gasteiger charge is -2.29. The SMILES string of the molecule is CCN(CC(C)C#N)C(=O)CN(Cc1ccc(C)o1)C(C)C. The Hall–Kier alpha value is -1.80. The number of furan rings is 1. The Kier molecular flexibility index (Phi) is 7.13. The van der Waals surface area contributed by atoms with E-state index in [0.717, 1.165) is 11.5 Å². The molecule has 1 aromatic rings. The summed E-state index contributed by atoms with van der Waals surface area (Å²) < 4.78 is 5.60. The second-order valence-corrected chi connectivity index (χ2v) is 5.97. The fraction of sp³-hybridized carbons (Fsp3) is 0.647. The van der Waals surface area contributed by atoms with E-state index < -0.39 is 0 Å². The largest absolute Gasteiger partial charge is 0.465 e. The van der Waals surface area contributed by atoms with Gasteiger partial charge in [-0.2, -0.15) is 5.26 Å². The number of carbonyl (C=O) groups is 1. The van der Waals surface area contributed by atoms with Crippen LogP contribution in [0.5, 0.6) is 0 Å². The van der Waals surface area contributed by atoms with Crippen molar-refractivity contribution in [2.45, 2.75) is 47.2 Å². The molecule has 0 aliphatic heterocycles. The molecule has 0 fully saturated rings. The van der Waals surface area contributed by atoms with Crippen molar-refractivity contribution in [2.75, 3.05) is 19.6 Å². The fourth-order valence-corrected chi connectivity index (χ4v) is 2.24. The maximum absolute atomic E-state index is 12.5. The van der Waals surface area contributed by atoms with Crippen LogP contribution in [0.4, 0.5) is 0 Å². The lowest BCUT2D eigenvalue weighted by Crippen LogP contribution is -2.43. The van der Waals surface area contributed by atoms with Crippen LogP contribution in [0.25, 0.3) is 0 Å². The average Bonchev–Trinajstić information content (AvgIpc) is 2.88. The van der Waals surface area contributed by atoms with Gasteiger partial charge in [-0.1, -0.05) is 0 Å². The van der Waals surface area contributed by atoms with E-state index in [1.807, 2.05) is 32.9 Å². The molecule has 1 rings (SSSR count). The van der Waals surface area contributed by atoms with Crippen LogP contribution in [0, 0.1) is 24.2 Å². The molecule has 0 aliphatic carbocycles. The van der Waals surface area contributed by atoms with E-state index in [4.69, 9.17) is 9.68 Å². The maximum atomic E-state index is 12.5. The van der Waals surface area contributed by atoms with Gasteiger partial charge >= 0.3 is 0 Å². The van der Waals surface area contributed by atoms with Gasteiger partial charge in [0.1, 0.15) is 11.5 Å².